The van der Waals surface area contributed by atoms with Crippen molar-refractivity contribution in [1.82, 2.24) is 9.80 Å². The smallest absolute Gasteiger partial charge is 0.269 e. The van der Waals surface area contributed by atoms with Gasteiger partial charge in [0, 0.05) is 30.8 Å². The summed E-state index contributed by atoms with van der Waals surface area (Å²) in [6.07, 6.45) is 0. The zero-order valence-electron chi connectivity index (χ0n) is 19.5. The first-order valence-electron chi connectivity index (χ1n) is 11.6. The maximum absolute atomic E-state index is 14.3. The van der Waals surface area contributed by atoms with Gasteiger partial charge in [-0.25, -0.2) is 4.99 Å². The third kappa shape index (κ3) is 4.71. The van der Waals surface area contributed by atoms with Gasteiger partial charge in [-0.1, -0.05) is 48.0 Å². The van der Waals surface area contributed by atoms with Gasteiger partial charge in [0.2, 0.25) is 5.91 Å². The van der Waals surface area contributed by atoms with E-state index in [1.54, 1.807) is 17.0 Å². The second-order valence-corrected chi connectivity index (χ2v) is 8.75. The molecule has 2 aliphatic rings. The molecule has 1 atom stereocenters. The number of fused-ring (bicyclic) bond motifs is 1. The lowest BCUT2D eigenvalue weighted by atomic mass is 9.99. The van der Waals surface area contributed by atoms with Crippen molar-refractivity contribution in [3.8, 4) is 0 Å². The maximum atomic E-state index is 14.3. The van der Waals surface area contributed by atoms with E-state index < -0.39 is 11.0 Å². The van der Waals surface area contributed by atoms with Gasteiger partial charge in [-0.3, -0.25) is 24.7 Å². The van der Waals surface area contributed by atoms with E-state index in [0.29, 0.717) is 44.2 Å². The maximum Gasteiger partial charge on any atom is 0.269 e. The number of ether oxygens (including phenoxy) is 1. The summed E-state index contributed by atoms with van der Waals surface area (Å²) in [5.41, 5.74) is 4.45. The van der Waals surface area contributed by atoms with E-state index >= 15 is 0 Å². The first-order valence-corrected chi connectivity index (χ1v) is 11.6. The number of para-hydroxylation sites is 1. The molecule has 1 unspecified atom stereocenters. The molecule has 5 rings (SSSR count). The number of nitro benzene ring substituents is 1. The van der Waals surface area contributed by atoms with Gasteiger partial charge in [0.05, 0.1) is 30.4 Å². The number of benzene rings is 3. The SMILES string of the molecule is Cc1ccc(C(C(=O)N2Cc3ccccc3N=C2c2ccc([N+](=O)[O-])cc2)N2CCOCC2)cc1. The highest BCUT2D eigenvalue weighted by atomic mass is 16.6. The van der Waals surface area contributed by atoms with Crippen LogP contribution in [0.2, 0.25) is 0 Å². The molecule has 3 aromatic rings. The number of morpholine rings is 1. The van der Waals surface area contributed by atoms with Crippen LogP contribution in [0, 0.1) is 17.0 Å². The number of carbonyl (C=O) groups is 1. The van der Waals surface area contributed by atoms with Crippen molar-refractivity contribution in [3.63, 3.8) is 0 Å². The van der Waals surface area contributed by atoms with Gasteiger partial charge < -0.3 is 4.74 Å². The molecule has 0 bridgehead atoms. The predicted octanol–water partition coefficient (Wildman–Crippen LogP) is 4.40. The molecule has 1 amide bonds. The van der Waals surface area contributed by atoms with Crippen molar-refractivity contribution >= 4 is 23.1 Å². The summed E-state index contributed by atoms with van der Waals surface area (Å²) in [6.45, 7) is 4.84. The number of amidine groups is 1. The van der Waals surface area contributed by atoms with Crippen molar-refractivity contribution in [2.45, 2.75) is 19.5 Å². The van der Waals surface area contributed by atoms with Crippen LogP contribution in [0.25, 0.3) is 0 Å². The number of nitrogens with zero attached hydrogens (tertiary/aromatic N) is 4. The Morgan fingerprint density at radius 1 is 1.00 bits per heavy atom. The molecule has 178 valence electrons. The minimum absolute atomic E-state index is 0.00529. The number of aryl methyl sites for hydroxylation is 1. The molecule has 0 spiro atoms. The molecule has 0 aliphatic carbocycles. The minimum Gasteiger partial charge on any atom is -0.379 e. The van der Waals surface area contributed by atoms with Gasteiger partial charge in [0.15, 0.2) is 0 Å². The number of rotatable bonds is 5. The van der Waals surface area contributed by atoms with E-state index in [1.165, 1.54) is 12.1 Å². The number of amides is 1. The van der Waals surface area contributed by atoms with Crippen molar-refractivity contribution in [2.24, 2.45) is 4.99 Å². The van der Waals surface area contributed by atoms with Crippen molar-refractivity contribution in [2.75, 3.05) is 26.3 Å². The molecule has 35 heavy (non-hydrogen) atoms. The molecule has 3 aromatic carbocycles. The summed E-state index contributed by atoms with van der Waals surface area (Å²) in [6, 6.07) is 21.5. The lowest BCUT2D eigenvalue weighted by Gasteiger charge is -2.38. The molecule has 8 heteroatoms. The average molecular weight is 471 g/mol. The van der Waals surface area contributed by atoms with E-state index in [0.717, 1.165) is 22.4 Å². The Labute approximate surface area is 203 Å². The van der Waals surface area contributed by atoms with Crippen LogP contribution < -0.4 is 0 Å². The molecule has 0 radical (unpaired) electrons. The molecule has 0 aromatic heterocycles. The summed E-state index contributed by atoms with van der Waals surface area (Å²) >= 11 is 0. The Balaban J connectivity index is 1.57. The number of non-ortho nitro benzene ring substituents is 1. The van der Waals surface area contributed by atoms with E-state index in [-0.39, 0.29) is 11.6 Å². The van der Waals surface area contributed by atoms with Crippen LogP contribution in [0.4, 0.5) is 11.4 Å². The topological polar surface area (TPSA) is 88.3 Å². The Bertz CT molecular complexity index is 1270. The number of carbonyl (C=O) groups excluding carboxylic acids is 1. The van der Waals surface area contributed by atoms with Gasteiger partial charge in [-0.2, -0.15) is 0 Å². The van der Waals surface area contributed by atoms with Crippen molar-refractivity contribution in [3.05, 3.63) is 105 Å². The second-order valence-electron chi connectivity index (χ2n) is 8.75. The van der Waals surface area contributed by atoms with Crippen LogP contribution in [-0.4, -0.2) is 52.8 Å². The molecule has 2 heterocycles. The quantitative estimate of drug-likeness (QED) is 0.407. The fourth-order valence-corrected chi connectivity index (χ4v) is 4.55. The Kier molecular flexibility index (Phi) is 6.39. The normalized spacial score (nSPS) is 16.8. The van der Waals surface area contributed by atoms with Crippen molar-refractivity contribution < 1.29 is 14.5 Å². The Morgan fingerprint density at radius 2 is 1.69 bits per heavy atom. The van der Waals surface area contributed by atoms with Crippen LogP contribution in [-0.2, 0) is 16.1 Å². The van der Waals surface area contributed by atoms with Crippen LogP contribution in [0.1, 0.15) is 28.3 Å². The van der Waals surface area contributed by atoms with E-state index in [4.69, 9.17) is 9.73 Å². The molecule has 1 saturated heterocycles. The molecule has 0 N–H and O–H groups in total. The van der Waals surface area contributed by atoms with E-state index in [9.17, 15) is 14.9 Å². The Hall–Kier alpha value is -3.88. The van der Waals surface area contributed by atoms with Gasteiger partial charge in [0.1, 0.15) is 11.9 Å². The number of hydrogen-bond acceptors (Lipinski definition) is 6. The molecular weight excluding hydrogens is 444 g/mol. The van der Waals surface area contributed by atoms with Gasteiger partial charge in [0.25, 0.3) is 5.69 Å². The van der Waals surface area contributed by atoms with Crippen LogP contribution >= 0.6 is 0 Å². The molecule has 2 aliphatic heterocycles. The monoisotopic (exact) mass is 470 g/mol. The largest absolute Gasteiger partial charge is 0.379 e. The van der Waals surface area contributed by atoms with Gasteiger partial charge in [-0.15, -0.1) is 0 Å². The van der Waals surface area contributed by atoms with Crippen LogP contribution in [0.3, 0.4) is 0 Å². The summed E-state index contributed by atoms with van der Waals surface area (Å²) in [5, 5.41) is 11.2. The fraction of sp³-hybridized carbons (Fsp3) is 0.259. The Morgan fingerprint density at radius 3 is 2.37 bits per heavy atom. The van der Waals surface area contributed by atoms with E-state index in [2.05, 4.69) is 4.90 Å². The van der Waals surface area contributed by atoms with Crippen LogP contribution in [0.5, 0.6) is 0 Å². The molecule has 1 fully saturated rings. The summed E-state index contributed by atoms with van der Waals surface area (Å²) in [7, 11) is 0. The zero-order valence-corrected chi connectivity index (χ0v) is 19.5. The number of nitro groups is 1. The minimum atomic E-state index is -0.493. The summed E-state index contributed by atoms with van der Waals surface area (Å²) < 4.78 is 5.55. The summed E-state index contributed by atoms with van der Waals surface area (Å²) in [5.74, 6) is 0.413. The molecule has 8 nitrogen and oxygen atoms in total. The predicted molar refractivity (Wildman–Crippen MR) is 133 cm³/mol. The fourth-order valence-electron chi connectivity index (χ4n) is 4.55. The summed E-state index contributed by atoms with van der Waals surface area (Å²) in [4.78, 5) is 33.7. The zero-order chi connectivity index (χ0) is 24.4. The molecular formula is C27H26N4O4. The first kappa shape index (κ1) is 22.9. The van der Waals surface area contributed by atoms with Crippen molar-refractivity contribution in [1.29, 1.82) is 0 Å². The lowest BCUT2D eigenvalue weighted by molar-refractivity contribution is -0.384. The highest BCUT2D eigenvalue weighted by molar-refractivity contribution is 6.11. The lowest BCUT2D eigenvalue weighted by Crippen LogP contribution is -2.49. The van der Waals surface area contributed by atoms with Gasteiger partial charge >= 0.3 is 0 Å². The standard InChI is InChI=1S/C27H26N4O4/c1-19-6-8-20(9-7-19)25(29-14-16-35-17-15-29)27(32)30-18-22-4-2-3-5-24(22)28-26(30)21-10-12-23(13-11-21)31(33)34/h2-13,25H,14-18H2,1H3. The second kappa shape index (κ2) is 9.77. The van der Waals surface area contributed by atoms with Crippen LogP contribution in [0.15, 0.2) is 77.8 Å². The van der Waals surface area contributed by atoms with Gasteiger partial charge in [-0.05, 0) is 36.2 Å². The van der Waals surface area contributed by atoms with E-state index in [1.807, 2.05) is 55.5 Å². The number of aliphatic imine (C=N–C) groups is 1. The average Bonchev–Trinajstić information content (AvgIpc) is 2.90. The third-order valence-electron chi connectivity index (χ3n) is 6.44. The molecule has 0 saturated carbocycles. The highest BCUT2D eigenvalue weighted by Gasteiger charge is 2.36. The number of hydrogen-bond donors (Lipinski definition) is 0. The third-order valence-corrected chi connectivity index (χ3v) is 6.44. The first-order chi connectivity index (χ1) is 17.0. The highest BCUT2D eigenvalue weighted by Crippen LogP contribution is 2.32.